The van der Waals surface area contributed by atoms with E-state index in [2.05, 4.69) is 16.4 Å². The number of carbonyl (C=O) groups excluding carboxylic acids is 2. The lowest BCUT2D eigenvalue weighted by Crippen LogP contribution is -2.45. The van der Waals surface area contributed by atoms with Crippen molar-refractivity contribution in [2.45, 2.75) is 6.42 Å². The van der Waals surface area contributed by atoms with Gasteiger partial charge in [-0.2, -0.15) is 0 Å². The first kappa shape index (κ1) is 21.2. The van der Waals surface area contributed by atoms with Gasteiger partial charge in [-0.1, -0.05) is 18.2 Å². The number of aliphatic imine (C=N–C) groups is 1. The van der Waals surface area contributed by atoms with E-state index in [-0.39, 0.29) is 48.9 Å². The molecule has 0 radical (unpaired) electrons. The predicted molar refractivity (Wildman–Crippen MR) is 111 cm³/mol. The molecular formula is C17H26IN5O2. The molecular weight excluding hydrogens is 433 g/mol. The van der Waals surface area contributed by atoms with E-state index in [4.69, 9.17) is 0 Å². The summed E-state index contributed by atoms with van der Waals surface area (Å²) in [5.74, 6) is 0.431. The third-order valence-electron chi connectivity index (χ3n) is 3.90. The highest BCUT2D eigenvalue weighted by Gasteiger charge is 2.23. The quantitative estimate of drug-likeness (QED) is 0.411. The standard InChI is InChI=1S/C17H25N5O2.HI/c1-20(2)15(23)11-18-17(19-12-16(24)21(3)4)22-10-9-13-7-5-6-8-14(13)22;/h5-8H,9-12H2,1-4H3,(H,18,19);1H. The summed E-state index contributed by atoms with van der Waals surface area (Å²) in [7, 11) is 6.82. The normalized spacial score (nSPS) is 13.0. The van der Waals surface area contributed by atoms with Crippen molar-refractivity contribution in [3.8, 4) is 0 Å². The zero-order valence-corrected chi connectivity index (χ0v) is 17.5. The van der Waals surface area contributed by atoms with E-state index in [0.717, 1.165) is 18.7 Å². The van der Waals surface area contributed by atoms with Gasteiger partial charge >= 0.3 is 0 Å². The minimum atomic E-state index is -0.0827. The first-order valence-electron chi connectivity index (χ1n) is 7.94. The molecule has 2 amide bonds. The molecule has 1 aromatic carbocycles. The number of guanidine groups is 1. The van der Waals surface area contributed by atoms with Gasteiger partial charge in [0.2, 0.25) is 11.8 Å². The van der Waals surface area contributed by atoms with Crippen LogP contribution in [-0.2, 0) is 16.0 Å². The second-order valence-corrected chi connectivity index (χ2v) is 6.10. The van der Waals surface area contributed by atoms with Crippen LogP contribution in [0.25, 0.3) is 0 Å². The molecule has 0 fully saturated rings. The van der Waals surface area contributed by atoms with Gasteiger partial charge in [0.25, 0.3) is 0 Å². The molecule has 0 saturated heterocycles. The fourth-order valence-electron chi connectivity index (χ4n) is 2.39. The van der Waals surface area contributed by atoms with Gasteiger partial charge in [0.15, 0.2) is 5.96 Å². The van der Waals surface area contributed by atoms with Crippen molar-refractivity contribution < 1.29 is 9.59 Å². The van der Waals surface area contributed by atoms with E-state index in [1.165, 1.54) is 15.4 Å². The van der Waals surface area contributed by atoms with Crippen LogP contribution in [0.5, 0.6) is 0 Å². The molecule has 0 saturated carbocycles. The molecule has 138 valence electrons. The van der Waals surface area contributed by atoms with Crippen LogP contribution in [-0.4, -0.2) is 75.4 Å². The smallest absolute Gasteiger partial charge is 0.243 e. The second-order valence-electron chi connectivity index (χ2n) is 6.10. The van der Waals surface area contributed by atoms with Crippen molar-refractivity contribution in [2.75, 3.05) is 52.7 Å². The van der Waals surface area contributed by atoms with E-state index < -0.39 is 0 Å². The first-order chi connectivity index (χ1) is 11.4. The maximum atomic E-state index is 11.9. The summed E-state index contributed by atoms with van der Waals surface area (Å²) in [5, 5.41) is 3.09. The number of benzene rings is 1. The first-order valence-corrected chi connectivity index (χ1v) is 7.94. The summed E-state index contributed by atoms with van der Waals surface area (Å²) in [6, 6.07) is 8.10. The number of rotatable bonds is 4. The summed E-state index contributed by atoms with van der Waals surface area (Å²) in [5.41, 5.74) is 2.31. The molecule has 25 heavy (non-hydrogen) atoms. The topological polar surface area (TPSA) is 68.2 Å². The number of para-hydroxylation sites is 1. The third kappa shape index (κ3) is 5.58. The number of nitrogens with zero attached hydrogens (tertiary/aromatic N) is 4. The van der Waals surface area contributed by atoms with Crippen LogP contribution >= 0.6 is 24.0 Å². The van der Waals surface area contributed by atoms with Gasteiger partial charge < -0.3 is 20.0 Å². The number of anilines is 1. The van der Waals surface area contributed by atoms with Crippen molar-refractivity contribution in [3.63, 3.8) is 0 Å². The van der Waals surface area contributed by atoms with Gasteiger partial charge in [0.05, 0.1) is 6.54 Å². The van der Waals surface area contributed by atoms with Gasteiger partial charge in [-0.15, -0.1) is 24.0 Å². The summed E-state index contributed by atoms with van der Waals surface area (Å²) in [6.45, 7) is 0.961. The lowest BCUT2D eigenvalue weighted by Gasteiger charge is -2.23. The fourth-order valence-corrected chi connectivity index (χ4v) is 2.39. The Morgan fingerprint density at radius 2 is 1.76 bits per heavy atom. The van der Waals surface area contributed by atoms with Crippen molar-refractivity contribution in [1.82, 2.24) is 15.1 Å². The molecule has 8 heteroatoms. The third-order valence-corrected chi connectivity index (χ3v) is 3.90. The lowest BCUT2D eigenvalue weighted by atomic mass is 10.2. The number of hydrogen-bond donors (Lipinski definition) is 1. The zero-order chi connectivity index (χ0) is 17.7. The molecule has 1 aliphatic heterocycles. The van der Waals surface area contributed by atoms with Gasteiger partial charge in [-0.25, -0.2) is 4.99 Å². The van der Waals surface area contributed by atoms with Gasteiger partial charge in [0, 0.05) is 40.4 Å². The Labute approximate surface area is 166 Å². The molecule has 2 rings (SSSR count). The molecule has 0 aromatic heterocycles. The average Bonchev–Trinajstić information content (AvgIpc) is 2.98. The Bertz CT molecular complexity index is 646. The largest absolute Gasteiger partial charge is 0.347 e. The van der Waals surface area contributed by atoms with Crippen LogP contribution in [0.2, 0.25) is 0 Å². The summed E-state index contributed by atoms with van der Waals surface area (Å²) < 4.78 is 0. The highest BCUT2D eigenvalue weighted by Crippen LogP contribution is 2.27. The molecule has 1 aliphatic rings. The monoisotopic (exact) mass is 459 g/mol. The molecule has 0 aliphatic carbocycles. The minimum Gasteiger partial charge on any atom is -0.347 e. The molecule has 1 heterocycles. The van der Waals surface area contributed by atoms with Crippen molar-refractivity contribution >= 4 is 47.4 Å². The fraction of sp³-hybridized carbons (Fsp3) is 0.471. The maximum Gasteiger partial charge on any atom is 0.243 e. The van der Waals surface area contributed by atoms with Crippen LogP contribution in [0.4, 0.5) is 5.69 Å². The molecule has 1 N–H and O–H groups in total. The average molecular weight is 459 g/mol. The minimum absolute atomic E-state index is 0. The number of likely N-dealkylation sites (N-methyl/N-ethyl adjacent to an activating group) is 2. The Balaban J connectivity index is 0.00000312. The van der Waals surface area contributed by atoms with E-state index in [1.54, 1.807) is 28.2 Å². The van der Waals surface area contributed by atoms with Crippen molar-refractivity contribution in [1.29, 1.82) is 0 Å². The van der Waals surface area contributed by atoms with E-state index in [1.807, 2.05) is 23.1 Å². The van der Waals surface area contributed by atoms with Crippen LogP contribution < -0.4 is 10.2 Å². The molecule has 0 bridgehead atoms. The molecule has 7 nitrogen and oxygen atoms in total. The number of carbonyl (C=O) groups is 2. The highest BCUT2D eigenvalue weighted by atomic mass is 127. The second kappa shape index (κ2) is 9.59. The number of amides is 2. The predicted octanol–water partition coefficient (Wildman–Crippen LogP) is 0.789. The van der Waals surface area contributed by atoms with Crippen LogP contribution in [0, 0.1) is 0 Å². The van der Waals surface area contributed by atoms with Gasteiger partial charge in [0.1, 0.15) is 6.54 Å². The Hall–Kier alpha value is -1.84. The summed E-state index contributed by atoms with van der Waals surface area (Å²) >= 11 is 0. The molecule has 0 unspecified atom stereocenters. The molecule has 0 spiro atoms. The Kier molecular flexibility index (Phi) is 8.14. The van der Waals surface area contributed by atoms with Gasteiger partial charge in [-0.3, -0.25) is 9.59 Å². The van der Waals surface area contributed by atoms with Crippen LogP contribution in [0.15, 0.2) is 29.3 Å². The molecule has 0 atom stereocenters. The number of nitrogens with one attached hydrogen (secondary N) is 1. The number of halogens is 1. The van der Waals surface area contributed by atoms with Gasteiger partial charge in [-0.05, 0) is 18.1 Å². The van der Waals surface area contributed by atoms with E-state index in [9.17, 15) is 9.59 Å². The Morgan fingerprint density at radius 1 is 1.12 bits per heavy atom. The van der Waals surface area contributed by atoms with Crippen molar-refractivity contribution in [3.05, 3.63) is 29.8 Å². The van der Waals surface area contributed by atoms with Crippen LogP contribution in [0.1, 0.15) is 5.56 Å². The molecule has 1 aromatic rings. The lowest BCUT2D eigenvalue weighted by molar-refractivity contribution is -0.127. The Morgan fingerprint density at radius 3 is 2.40 bits per heavy atom. The van der Waals surface area contributed by atoms with E-state index in [0.29, 0.717) is 5.96 Å². The summed E-state index contributed by atoms with van der Waals surface area (Å²) in [6.07, 6.45) is 0.917. The van der Waals surface area contributed by atoms with E-state index >= 15 is 0 Å². The maximum absolute atomic E-state index is 11.9. The zero-order valence-electron chi connectivity index (χ0n) is 15.2. The van der Waals surface area contributed by atoms with Crippen molar-refractivity contribution in [2.24, 2.45) is 4.99 Å². The highest BCUT2D eigenvalue weighted by molar-refractivity contribution is 14.0. The number of fused-ring (bicyclic) bond motifs is 1. The van der Waals surface area contributed by atoms with Crippen LogP contribution in [0.3, 0.4) is 0 Å². The SMILES string of the molecule is CN(C)C(=O)CN=C(NCC(=O)N(C)C)N1CCc2ccccc21.I. The summed E-state index contributed by atoms with van der Waals surface area (Å²) in [4.78, 5) is 33.2. The number of hydrogen-bond acceptors (Lipinski definition) is 3.